The van der Waals surface area contributed by atoms with Crippen molar-refractivity contribution in [3.63, 3.8) is 0 Å². The molecule has 0 saturated heterocycles. The molecule has 22 heavy (non-hydrogen) atoms. The monoisotopic (exact) mass is 440 g/mol. The minimum absolute atomic E-state index is 0.858. The maximum atomic E-state index is 5.38. The van der Waals surface area contributed by atoms with Gasteiger partial charge in [0.15, 0.2) is 0 Å². The fourth-order valence-corrected chi connectivity index (χ4v) is 12.7. The summed E-state index contributed by atoms with van der Waals surface area (Å²) in [6.45, 7) is 0. The maximum Gasteiger partial charge on any atom is 0.208 e. The van der Waals surface area contributed by atoms with Gasteiger partial charge in [0.2, 0.25) is 10.2 Å². The van der Waals surface area contributed by atoms with Crippen LogP contribution in [0.5, 0.6) is 0 Å². The van der Waals surface area contributed by atoms with E-state index in [1.807, 2.05) is 70.6 Å². The van der Waals surface area contributed by atoms with E-state index in [-0.39, 0.29) is 0 Å². The molecule has 0 radical (unpaired) electrons. The zero-order valence-electron chi connectivity index (χ0n) is 11.2. The van der Waals surface area contributed by atoms with Gasteiger partial charge in [0, 0.05) is 0 Å². The second-order valence-corrected chi connectivity index (χ2v) is 13.3. The van der Waals surface area contributed by atoms with Crippen molar-refractivity contribution in [1.29, 1.82) is 0 Å². The lowest BCUT2D eigenvalue weighted by Crippen LogP contribution is -1.83. The number of thioether (sulfide) groups is 8. The summed E-state index contributed by atoms with van der Waals surface area (Å²) >= 11 is 14.6. The van der Waals surface area contributed by atoms with Crippen LogP contribution in [0.25, 0.3) is 0 Å². The molecule has 0 aromatic heterocycles. The molecule has 116 valence electrons. The first-order chi connectivity index (χ1) is 10.8. The Morgan fingerprint density at radius 2 is 0.909 bits per heavy atom. The lowest BCUT2D eigenvalue weighted by Gasteiger charge is -2.06. The van der Waals surface area contributed by atoms with Crippen molar-refractivity contribution < 1.29 is 9.47 Å². The third kappa shape index (κ3) is 3.14. The third-order valence-electron chi connectivity index (χ3n) is 2.56. The molecule has 4 aliphatic rings. The van der Waals surface area contributed by atoms with Crippen LogP contribution < -0.4 is 0 Å². The zero-order valence-corrected chi connectivity index (χ0v) is 17.8. The summed E-state index contributed by atoms with van der Waals surface area (Å²) < 4.78 is 19.0. The number of hydrogen-bond acceptors (Lipinski definition) is 10. The second-order valence-electron chi connectivity index (χ2n) is 3.83. The van der Waals surface area contributed by atoms with Crippen LogP contribution in [-0.2, 0) is 9.47 Å². The highest BCUT2D eigenvalue weighted by molar-refractivity contribution is 8.49. The van der Waals surface area contributed by atoms with Gasteiger partial charge in [-0.1, -0.05) is 70.6 Å². The van der Waals surface area contributed by atoms with Crippen LogP contribution in [0.2, 0.25) is 0 Å². The third-order valence-corrected chi connectivity index (χ3v) is 13.8. The van der Waals surface area contributed by atoms with Gasteiger partial charge in [0.25, 0.3) is 0 Å². The molecule has 0 atom stereocenters. The van der Waals surface area contributed by atoms with E-state index in [2.05, 4.69) is 10.8 Å². The highest BCUT2D eigenvalue weighted by Crippen LogP contribution is 2.71. The molecule has 0 aliphatic carbocycles. The molecule has 4 aliphatic heterocycles. The Morgan fingerprint density at radius 1 is 0.545 bits per heavy atom. The largest absolute Gasteiger partial charge is 0.487 e. The van der Waals surface area contributed by atoms with Gasteiger partial charge < -0.3 is 9.47 Å². The molecular weight excluding hydrogens is 433 g/mol. The normalized spacial score (nSPS) is 24.3. The van der Waals surface area contributed by atoms with Crippen LogP contribution >= 0.6 is 94.1 Å². The van der Waals surface area contributed by atoms with Crippen LogP contribution in [0, 0.1) is 0 Å². The van der Waals surface area contributed by atoms with E-state index in [4.69, 9.17) is 9.47 Å². The molecule has 4 heterocycles. The first-order valence-corrected chi connectivity index (χ1v) is 12.5. The quantitative estimate of drug-likeness (QED) is 0.437. The van der Waals surface area contributed by atoms with Crippen molar-refractivity contribution in [2.24, 2.45) is 0 Å². The minimum Gasteiger partial charge on any atom is -0.487 e. The van der Waals surface area contributed by atoms with E-state index < -0.39 is 0 Å². The standard InChI is InChI=1S/C12H8O2S8/c1-13-5-6(14-2)18-9(17-5)10-21-11-12(22-10)20-8(19-11)7-15-3-4-16-7/h3-4H,1-2H3. The van der Waals surface area contributed by atoms with Crippen LogP contribution in [0.15, 0.2) is 46.4 Å². The molecule has 0 N–H and O–H groups in total. The lowest BCUT2D eigenvalue weighted by molar-refractivity contribution is 0.267. The highest BCUT2D eigenvalue weighted by atomic mass is 32.3. The van der Waals surface area contributed by atoms with Crippen LogP contribution in [0.1, 0.15) is 0 Å². The summed E-state index contributed by atoms with van der Waals surface area (Å²) in [5, 5.41) is 6.02. The first-order valence-electron chi connectivity index (χ1n) is 5.89. The molecule has 0 bridgehead atoms. The van der Waals surface area contributed by atoms with E-state index in [9.17, 15) is 0 Å². The zero-order chi connectivity index (χ0) is 15.1. The average molecular weight is 441 g/mol. The Bertz CT molecular complexity index is 637. The predicted octanol–water partition coefficient (Wildman–Crippen LogP) is 7.18. The van der Waals surface area contributed by atoms with Gasteiger partial charge in [-0.25, -0.2) is 0 Å². The van der Waals surface area contributed by atoms with Crippen LogP contribution in [-0.4, -0.2) is 14.2 Å². The molecule has 0 aromatic carbocycles. The van der Waals surface area contributed by atoms with Gasteiger partial charge in [0.05, 0.1) is 39.6 Å². The summed E-state index contributed by atoms with van der Waals surface area (Å²) in [4.78, 5) is 0. The SMILES string of the molecule is COC1=C(OC)SC(=C2SC3=C(SC(=C4SC=CS4)S3)S2)S1. The first kappa shape index (κ1) is 16.6. The van der Waals surface area contributed by atoms with Gasteiger partial charge in [-0.2, -0.15) is 0 Å². The summed E-state index contributed by atoms with van der Waals surface area (Å²) in [6.07, 6.45) is 0. The van der Waals surface area contributed by atoms with Crippen molar-refractivity contribution in [3.8, 4) is 0 Å². The highest BCUT2D eigenvalue weighted by Gasteiger charge is 2.36. The van der Waals surface area contributed by atoms with Gasteiger partial charge in [0.1, 0.15) is 0 Å². The Kier molecular flexibility index (Phi) is 5.38. The van der Waals surface area contributed by atoms with Gasteiger partial charge in [-0.15, -0.1) is 0 Å². The van der Waals surface area contributed by atoms with E-state index in [1.54, 1.807) is 37.7 Å². The molecular formula is C12H8O2S8. The van der Waals surface area contributed by atoms with Gasteiger partial charge in [-0.3, -0.25) is 0 Å². The Hall–Kier alpha value is 1.10. The Balaban J connectivity index is 1.47. The van der Waals surface area contributed by atoms with Crippen molar-refractivity contribution in [2.75, 3.05) is 14.2 Å². The minimum atomic E-state index is 0.858. The predicted molar refractivity (Wildman–Crippen MR) is 112 cm³/mol. The van der Waals surface area contributed by atoms with E-state index >= 15 is 0 Å². The summed E-state index contributed by atoms with van der Waals surface area (Å²) in [5.74, 6) is 0. The summed E-state index contributed by atoms with van der Waals surface area (Å²) in [6, 6.07) is 0. The Labute approximate surface area is 162 Å². The molecule has 0 aromatic rings. The molecule has 0 amide bonds. The van der Waals surface area contributed by atoms with Crippen LogP contribution in [0.3, 0.4) is 0 Å². The summed E-state index contributed by atoms with van der Waals surface area (Å²) in [7, 11) is 3.38. The van der Waals surface area contributed by atoms with E-state index in [0.29, 0.717) is 0 Å². The van der Waals surface area contributed by atoms with Gasteiger partial charge in [-0.05, 0) is 34.3 Å². The fraction of sp³-hybridized carbons (Fsp3) is 0.167. The number of methoxy groups -OCH3 is 2. The molecule has 0 spiro atoms. The average Bonchev–Trinajstić information content (AvgIpc) is 3.26. The topological polar surface area (TPSA) is 18.5 Å². The lowest BCUT2D eigenvalue weighted by atomic mass is 11.0. The number of rotatable bonds is 2. The van der Waals surface area contributed by atoms with Crippen molar-refractivity contribution >= 4 is 94.1 Å². The maximum absolute atomic E-state index is 5.38. The molecule has 0 unspecified atom stereocenters. The Morgan fingerprint density at radius 3 is 1.32 bits per heavy atom. The molecule has 10 heteroatoms. The van der Waals surface area contributed by atoms with Crippen molar-refractivity contribution in [1.82, 2.24) is 0 Å². The fourth-order valence-electron chi connectivity index (χ4n) is 1.66. The van der Waals surface area contributed by atoms with E-state index in [1.165, 1.54) is 25.4 Å². The molecule has 2 nitrogen and oxygen atoms in total. The summed E-state index contributed by atoms with van der Waals surface area (Å²) in [5.41, 5.74) is 0. The van der Waals surface area contributed by atoms with Gasteiger partial charge >= 0.3 is 0 Å². The number of ether oxygens (including phenoxy) is 2. The molecule has 0 saturated carbocycles. The second kappa shape index (κ2) is 7.15. The van der Waals surface area contributed by atoms with Crippen LogP contribution in [0.4, 0.5) is 0 Å². The number of hydrogen-bond donors (Lipinski definition) is 0. The molecule has 4 rings (SSSR count). The van der Waals surface area contributed by atoms with Crippen molar-refractivity contribution in [3.05, 3.63) is 46.4 Å². The molecule has 0 fully saturated rings. The van der Waals surface area contributed by atoms with E-state index in [0.717, 1.165) is 10.2 Å². The smallest absolute Gasteiger partial charge is 0.208 e. The van der Waals surface area contributed by atoms with Crippen molar-refractivity contribution in [2.45, 2.75) is 0 Å².